The number of rotatable bonds is 3. The van der Waals surface area contributed by atoms with Crippen LogP contribution in [0.5, 0.6) is 0 Å². The Bertz CT molecular complexity index is 622. The molecular formula is C12H15N5OS. The van der Waals surface area contributed by atoms with Crippen molar-refractivity contribution >= 4 is 16.7 Å². The molecule has 0 aliphatic carbocycles. The monoisotopic (exact) mass is 277 g/mol. The molecule has 2 aromatic heterocycles. The molecule has 0 radical (unpaired) electrons. The molecule has 1 atom stereocenters. The summed E-state index contributed by atoms with van der Waals surface area (Å²) in [7, 11) is 0. The molecule has 3 heterocycles. The van der Waals surface area contributed by atoms with E-state index in [4.69, 9.17) is 0 Å². The Hall–Kier alpha value is -1.76. The maximum Gasteiger partial charge on any atom is 0.266 e. The first-order valence-corrected chi connectivity index (χ1v) is 7.10. The van der Waals surface area contributed by atoms with Crippen LogP contribution in [0.15, 0.2) is 23.1 Å². The number of hydrogen-bond donors (Lipinski definition) is 0. The molecule has 0 spiro atoms. The van der Waals surface area contributed by atoms with Crippen molar-refractivity contribution < 1.29 is 0 Å². The van der Waals surface area contributed by atoms with E-state index in [-0.39, 0.29) is 11.6 Å². The minimum atomic E-state index is -0.0530. The quantitative estimate of drug-likeness (QED) is 0.840. The second kappa shape index (κ2) is 5.08. The third kappa shape index (κ3) is 2.51. The molecule has 2 aromatic rings. The SMILES string of the molecule is Cc1nsc(N2CCCC2Cn2ncccc2=O)n1. The van der Waals surface area contributed by atoms with Crippen LogP contribution in [0.2, 0.25) is 0 Å². The van der Waals surface area contributed by atoms with Gasteiger partial charge in [0.2, 0.25) is 5.13 Å². The highest BCUT2D eigenvalue weighted by Crippen LogP contribution is 2.27. The van der Waals surface area contributed by atoms with Crippen LogP contribution in [0.25, 0.3) is 0 Å². The van der Waals surface area contributed by atoms with E-state index in [0.717, 1.165) is 30.3 Å². The zero-order valence-corrected chi connectivity index (χ0v) is 11.5. The Morgan fingerprint density at radius 3 is 3.16 bits per heavy atom. The summed E-state index contributed by atoms with van der Waals surface area (Å²) in [6, 6.07) is 3.49. The molecule has 0 aromatic carbocycles. The summed E-state index contributed by atoms with van der Waals surface area (Å²) in [6.07, 6.45) is 3.82. The van der Waals surface area contributed by atoms with Crippen molar-refractivity contribution in [1.82, 2.24) is 19.1 Å². The lowest BCUT2D eigenvalue weighted by atomic mass is 10.2. The van der Waals surface area contributed by atoms with Gasteiger partial charge < -0.3 is 4.90 Å². The van der Waals surface area contributed by atoms with Crippen LogP contribution in [-0.2, 0) is 6.54 Å². The first kappa shape index (κ1) is 12.3. The molecular weight excluding hydrogens is 262 g/mol. The lowest BCUT2D eigenvalue weighted by Crippen LogP contribution is -2.36. The summed E-state index contributed by atoms with van der Waals surface area (Å²) >= 11 is 1.42. The minimum absolute atomic E-state index is 0.0530. The third-order valence-electron chi connectivity index (χ3n) is 3.31. The molecule has 1 aliphatic heterocycles. The van der Waals surface area contributed by atoms with Crippen molar-refractivity contribution in [3.63, 3.8) is 0 Å². The van der Waals surface area contributed by atoms with Gasteiger partial charge >= 0.3 is 0 Å². The first-order chi connectivity index (χ1) is 9.24. The van der Waals surface area contributed by atoms with E-state index < -0.39 is 0 Å². The van der Waals surface area contributed by atoms with Gasteiger partial charge in [-0.25, -0.2) is 9.67 Å². The third-order valence-corrected chi connectivity index (χ3v) is 4.15. The molecule has 0 amide bonds. The largest absolute Gasteiger partial charge is 0.342 e. The maximum absolute atomic E-state index is 11.7. The highest BCUT2D eigenvalue weighted by atomic mass is 32.1. The second-order valence-corrected chi connectivity index (χ2v) is 5.39. The second-order valence-electron chi connectivity index (χ2n) is 4.66. The fourth-order valence-corrected chi connectivity index (χ4v) is 3.18. The number of aromatic nitrogens is 4. The van der Waals surface area contributed by atoms with Crippen molar-refractivity contribution in [2.24, 2.45) is 0 Å². The predicted molar refractivity (Wildman–Crippen MR) is 73.5 cm³/mol. The smallest absolute Gasteiger partial charge is 0.266 e. The molecule has 1 aliphatic rings. The average Bonchev–Trinajstić information content (AvgIpc) is 3.01. The topological polar surface area (TPSA) is 63.9 Å². The van der Waals surface area contributed by atoms with Crippen molar-refractivity contribution in [1.29, 1.82) is 0 Å². The lowest BCUT2D eigenvalue weighted by Gasteiger charge is -2.23. The fraction of sp³-hybridized carbons (Fsp3) is 0.500. The van der Waals surface area contributed by atoms with Gasteiger partial charge in [0, 0.05) is 30.3 Å². The number of aryl methyl sites for hydroxylation is 1. The summed E-state index contributed by atoms with van der Waals surface area (Å²) in [5.74, 6) is 0.806. The van der Waals surface area contributed by atoms with Crippen molar-refractivity contribution in [3.8, 4) is 0 Å². The Balaban J connectivity index is 1.81. The molecule has 6 nitrogen and oxygen atoms in total. The molecule has 100 valence electrons. The van der Waals surface area contributed by atoms with Crippen LogP contribution in [-0.4, -0.2) is 31.7 Å². The zero-order valence-electron chi connectivity index (χ0n) is 10.7. The summed E-state index contributed by atoms with van der Waals surface area (Å²) < 4.78 is 5.75. The van der Waals surface area contributed by atoms with Crippen LogP contribution in [0.3, 0.4) is 0 Å². The highest BCUT2D eigenvalue weighted by Gasteiger charge is 2.27. The van der Waals surface area contributed by atoms with E-state index in [0.29, 0.717) is 6.54 Å². The number of hydrogen-bond acceptors (Lipinski definition) is 6. The predicted octanol–water partition coefficient (Wildman–Crippen LogP) is 1.07. The molecule has 0 N–H and O–H groups in total. The number of anilines is 1. The van der Waals surface area contributed by atoms with Gasteiger partial charge in [0.05, 0.1) is 12.6 Å². The fourth-order valence-electron chi connectivity index (χ4n) is 2.40. The van der Waals surface area contributed by atoms with Crippen LogP contribution in [0.4, 0.5) is 5.13 Å². The normalized spacial score (nSPS) is 19.0. The molecule has 1 unspecified atom stereocenters. The number of nitrogens with zero attached hydrogens (tertiary/aromatic N) is 5. The summed E-state index contributed by atoms with van der Waals surface area (Å²) in [6.45, 7) is 3.48. The van der Waals surface area contributed by atoms with Crippen molar-refractivity contribution in [2.45, 2.75) is 32.4 Å². The summed E-state index contributed by atoms with van der Waals surface area (Å²) in [4.78, 5) is 18.4. The Kier molecular flexibility index (Phi) is 3.29. The Morgan fingerprint density at radius 1 is 1.53 bits per heavy atom. The van der Waals surface area contributed by atoms with Crippen molar-refractivity contribution in [3.05, 3.63) is 34.5 Å². The van der Waals surface area contributed by atoms with Crippen LogP contribution >= 0.6 is 11.5 Å². The van der Waals surface area contributed by atoms with Gasteiger partial charge in [-0.1, -0.05) is 0 Å². The lowest BCUT2D eigenvalue weighted by molar-refractivity contribution is 0.488. The van der Waals surface area contributed by atoms with E-state index in [2.05, 4.69) is 19.4 Å². The molecule has 1 saturated heterocycles. The summed E-state index contributed by atoms with van der Waals surface area (Å²) in [5, 5.41) is 5.07. The molecule has 7 heteroatoms. The molecule has 3 rings (SSSR count). The van der Waals surface area contributed by atoms with Gasteiger partial charge in [-0.3, -0.25) is 4.79 Å². The van der Waals surface area contributed by atoms with Crippen LogP contribution in [0.1, 0.15) is 18.7 Å². The molecule has 1 fully saturated rings. The van der Waals surface area contributed by atoms with E-state index in [1.54, 1.807) is 18.3 Å². The van der Waals surface area contributed by atoms with E-state index in [9.17, 15) is 4.79 Å². The summed E-state index contributed by atoms with van der Waals surface area (Å²) in [5.41, 5.74) is -0.0530. The van der Waals surface area contributed by atoms with Gasteiger partial charge in [0.15, 0.2) is 0 Å². The van der Waals surface area contributed by atoms with E-state index >= 15 is 0 Å². The van der Waals surface area contributed by atoms with Crippen molar-refractivity contribution in [2.75, 3.05) is 11.4 Å². The van der Waals surface area contributed by atoms with Gasteiger partial charge in [0.25, 0.3) is 5.56 Å². The van der Waals surface area contributed by atoms with Crippen LogP contribution < -0.4 is 10.5 Å². The molecule has 0 saturated carbocycles. The standard InChI is InChI=1S/C12H15N5OS/c1-9-14-12(19-15-9)16-7-3-4-10(16)8-17-11(18)5-2-6-13-17/h2,5-6,10H,3-4,7-8H2,1H3. The molecule has 19 heavy (non-hydrogen) atoms. The van der Waals surface area contributed by atoms with Gasteiger partial charge in [-0.15, -0.1) is 0 Å². The zero-order chi connectivity index (χ0) is 13.2. The van der Waals surface area contributed by atoms with E-state index in [1.807, 2.05) is 6.92 Å². The highest BCUT2D eigenvalue weighted by molar-refractivity contribution is 7.09. The Morgan fingerprint density at radius 2 is 2.42 bits per heavy atom. The maximum atomic E-state index is 11.7. The minimum Gasteiger partial charge on any atom is -0.342 e. The van der Waals surface area contributed by atoms with Gasteiger partial charge in [-0.05, 0) is 25.8 Å². The average molecular weight is 277 g/mol. The first-order valence-electron chi connectivity index (χ1n) is 6.33. The molecule has 0 bridgehead atoms. The Labute approximate surface area is 114 Å². The van der Waals surface area contributed by atoms with Gasteiger partial charge in [0.1, 0.15) is 5.82 Å². The van der Waals surface area contributed by atoms with E-state index in [1.165, 1.54) is 16.2 Å². The van der Waals surface area contributed by atoms with Crippen LogP contribution in [0, 0.1) is 6.92 Å². The van der Waals surface area contributed by atoms with Gasteiger partial charge in [-0.2, -0.15) is 9.47 Å².